The number of aliphatic hydroxyl groups is 25. The average Bonchev–Trinajstić information content (AvgIpc) is 0.763. The second kappa shape index (κ2) is 46.1. The van der Waals surface area contributed by atoms with Crippen LogP contribution in [0.2, 0.25) is 0 Å². The van der Waals surface area contributed by atoms with Gasteiger partial charge in [0.2, 0.25) is 35.4 Å². The number of carbonyl (C=O) groups is 6. The molecular weight excluding hydrogens is 1750 g/mol. The van der Waals surface area contributed by atoms with Gasteiger partial charge in [0, 0.05) is 41.5 Å². The monoisotopic (exact) mass is 1870 g/mol. The van der Waals surface area contributed by atoms with Crippen molar-refractivity contribution in [3.63, 3.8) is 0 Å². The predicted octanol–water partition coefficient (Wildman–Crippen LogP) is -20.9. The van der Waals surface area contributed by atoms with Crippen LogP contribution in [0.1, 0.15) is 48.5 Å². The summed E-state index contributed by atoms with van der Waals surface area (Å²) in [6.07, 6.45) is -90.9. The summed E-state index contributed by atoms with van der Waals surface area (Å²) < 4.78 is 114. The van der Waals surface area contributed by atoms with E-state index in [2.05, 4.69) is 31.9 Å². The minimum absolute atomic E-state index is 0.812. The Morgan fingerprint density at radius 1 is 0.219 bits per heavy atom. The zero-order chi connectivity index (χ0) is 94.4. The maximum atomic E-state index is 13.3. The van der Waals surface area contributed by atoms with Gasteiger partial charge >= 0.3 is 0 Å². The third-order valence-electron chi connectivity index (χ3n) is 23.2. The van der Waals surface area contributed by atoms with E-state index in [4.69, 9.17) is 90.0 Å². The highest BCUT2D eigenvalue weighted by Crippen LogP contribution is 2.41. The molecule has 0 aromatic heterocycles. The van der Waals surface area contributed by atoms with Crippen LogP contribution < -0.4 is 31.9 Å². The Kier molecular flexibility index (Phi) is 37.8. The van der Waals surface area contributed by atoms with Gasteiger partial charge < -0.3 is 250 Å². The van der Waals surface area contributed by atoms with Crippen LogP contribution in [0.15, 0.2) is 0 Å². The summed E-state index contributed by atoms with van der Waals surface area (Å²) in [5.41, 5.74) is 0. The zero-order valence-corrected chi connectivity index (χ0v) is 69.6. The summed E-state index contributed by atoms with van der Waals surface area (Å²) in [5, 5.41) is 297. The summed E-state index contributed by atoms with van der Waals surface area (Å²) in [7, 11) is 0. The van der Waals surface area contributed by atoms with E-state index in [0.29, 0.717) is 0 Å². The summed E-state index contributed by atoms with van der Waals surface area (Å²) in [4.78, 5) is 76.8. The van der Waals surface area contributed by atoms with Gasteiger partial charge in [0.1, 0.15) is 238 Å². The SMILES string of the molecule is CC(=O)N[C@H]1[C@H](O[C@H]2[C@H](O)[C@@H](NC(C)=O)C(O)O[C@@H]2CO[C@@H]2O[C@@H](C)[C@@H](O)[C@@H](O)[C@@H]2O)O[C@H](CO)[C@@H](O[C@@H]2O[C@H](CO[C@H]3O[C@H](CO)[C@@H](O)[C@H](O)[C@@H]3O[C@@H]3O[C@H](CO)[C@@H](O[C@@H]4O[C@H](CO)[C@H](O)[C@H](O)[C@H]4NC(C)=O)[C@H](O)[C@H]3NC(C)=O)[C@@H](O)[C@H](O[C@H]3O[C@H](CO)[C@@H](O)[C@H](O)[C@@H]3O[C@@H]3O[C@H](CO)[C@@H](O[C@@H]4O[C@H](CO)[C@H](O)[C@H](O)[C@H]4NC(C)=O)[C@H](O)[C@H]3NC(C)=O)[C@@H]2O)[C@@H]1O. The molecule has 10 aliphatic heterocycles. The van der Waals surface area contributed by atoms with Gasteiger partial charge in [-0.15, -0.1) is 0 Å². The molecule has 0 saturated carbocycles. The van der Waals surface area contributed by atoms with Gasteiger partial charge in [0.25, 0.3) is 0 Å². The summed E-state index contributed by atoms with van der Waals surface area (Å²) in [6, 6.07) is -11.1. The fourth-order valence-corrected chi connectivity index (χ4v) is 16.6. The molecule has 0 spiro atoms. The molecule has 50 atom stereocenters. The highest BCUT2D eigenvalue weighted by atomic mass is 16.8. The van der Waals surface area contributed by atoms with Crippen LogP contribution >= 0.6 is 0 Å². The molecule has 128 heavy (non-hydrogen) atoms. The standard InChI is InChI=1S/C72H120N6O50/c1-17-39(92)51(104)54(107)69(112-17)110-16-32-59(47(100)33(63(109)113-32)73-18(2)86)124-66-36(76-21(5)89)50(103)58(30(14-85)118-66)125-70-55(108)60(126-72-62(53(106)43(96)27(11-82)117-72)128-68-38(78-23(7)91)49(102)57(29(13-84)120-68)123-65-35(75-20(4)88)46(99)41(94)25(9-80)115-65)44(97)31(121-70)15-111-71-61(52(105)42(95)26(10-81)116-71)127-67-37(77-22(6)90)48(101)56(28(12-83)119-67)122-64-34(74-19(3)87)45(98)40(93)24(8-79)114-64/h17,24-72,79-85,92-109H,8-16H2,1-7H3,(H,73,86)(H,74,87)(H,75,88)(H,76,89)(H,77,90)(H,78,91)/t17-,24+,25+,26+,27+,28+,29+,30+,31+,32+,33+,34+,35+,36+,37+,38+,39+,40-,41-,42+,43+,44+,45+,46+,47+,48+,49+,50+,51+,52-,53-,54-,55-,56+,57+,58+,59+,60-,61-,62-,63?,64-,65-,66-,67-,68-,69+,70-,71-,72+/m0/s1. The quantitative estimate of drug-likeness (QED) is 0.0290. The lowest BCUT2D eigenvalue weighted by Crippen LogP contribution is -2.71. The molecular formula is C72H120N6O50. The van der Waals surface area contributed by atoms with E-state index < -0.39 is 402 Å². The molecule has 10 fully saturated rings. The van der Waals surface area contributed by atoms with Crippen LogP contribution in [0.25, 0.3) is 0 Å². The molecule has 10 rings (SSSR count). The minimum atomic E-state index is -2.64. The first-order valence-corrected chi connectivity index (χ1v) is 41.0. The summed E-state index contributed by atoms with van der Waals surface area (Å²) >= 11 is 0. The van der Waals surface area contributed by atoms with E-state index in [0.717, 1.165) is 41.5 Å². The number of ether oxygens (including phenoxy) is 19. The number of nitrogens with one attached hydrogen (secondary N) is 6. The van der Waals surface area contributed by atoms with E-state index in [-0.39, 0.29) is 0 Å². The second-order valence-corrected chi connectivity index (χ2v) is 32.5. The van der Waals surface area contributed by atoms with Gasteiger partial charge in [0.15, 0.2) is 62.9 Å². The van der Waals surface area contributed by atoms with Gasteiger partial charge in [-0.05, 0) is 6.92 Å². The van der Waals surface area contributed by atoms with Gasteiger partial charge in [-0.25, -0.2) is 0 Å². The molecule has 0 aliphatic carbocycles. The van der Waals surface area contributed by atoms with Crippen LogP contribution in [0.4, 0.5) is 0 Å². The molecule has 10 aliphatic rings. The summed E-state index contributed by atoms with van der Waals surface area (Å²) in [6.45, 7) is -2.88. The maximum absolute atomic E-state index is 13.3. The molecule has 0 radical (unpaired) electrons. The fraction of sp³-hybridized carbons (Fsp3) is 0.917. The maximum Gasteiger partial charge on any atom is 0.217 e. The second-order valence-electron chi connectivity index (χ2n) is 32.5. The van der Waals surface area contributed by atoms with E-state index >= 15 is 0 Å². The first-order valence-electron chi connectivity index (χ1n) is 41.0. The summed E-state index contributed by atoms with van der Waals surface area (Å²) in [5.74, 6) is -5.41. The molecule has 56 heteroatoms. The van der Waals surface area contributed by atoms with Crippen molar-refractivity contribution in [3.05, 3.63) is 0 Å². The first-order chi connectivity index (χ1) is 60.5. The Bertz CT molecular complexity index is 3550. The zero-order valence-electron chi connectivity index (χ0n) is 69.6. The van der Waals surface area contributed by atoms with Gasteiger partial charge in [0.05, 0.1) is 65.6 Å². The van der Waals surface area contributed by atoms with Gasteiger partial charge in [-0.3, -0.25) is 28.8 Å². The molecule has 1 unspecified atom stereocenters. The molecule has 0 bridgehead atoms. The highest BCUT2D eigenvalue weighted by Gasteiger charge is 2.62. The number of aliphatic hydroxyl groups excluding tert-OH is 25. The third kappa shape index (κ3) is 23.8. The van der Waals surface area contributed by atoms with Crippen molar-refractivity contribution in [2.24, 2.45) is 0 Å². The number of carbonyl (C=O) groups excluding carboxylic acids is 6. The van der Waals surface area contributed by atoms with Crippen molar-refractivity contribution >= 4 is 35.4 Å². The molecule has 10 heterocycles. The Hall–Kier alpha value is -4.94. The van der Waals surface area contributed by atoms with Crippen LogP contribution in [0.3, 0.4) is 0 Å². The minimum Gasteiger partial charge on any atom is -0.394 e. The molecule has 31 N–H and O–H groups in total. The molecule has 738 valence electrons. The van der Waals surface area contributed by atoms with Crippen molar-refractivity contribution in [2.75, 3.05) is 59.5 Å². The van der Waals surface area contributed by atoms with Crippen molar-refractivity contribution in [2.45, 2.75) is 355 Å². The van der Waals surface area contributed by atoms with Crippen LogP contribution in [0.5, 0.6) is 0 Å². The van der Waals surface area contributed by atoms with Crippen molar-refractivity contribution < 1.29 is 246 Å². The third-order valence-corrected chi connectivity index (χ3v) is 23.2. The Morgan fingerprint density at radius 3 is 0.852 bits per heavy atom. The average molecular weight is 1870 g/mol. The van der Waals surface area contributed by atoms with E-state index in [1.54, 1.807) is 0 Å². The topological polar surface area (TPSA) is 856 Å². The van der Waals surface area contributed by atoms with Gasteiger partial charge in [-0.2, -0.15) is 0 Å². The molecule has 0 aromatic rings. The lowest BCUT2D eigenvalue weighted by atomic mass is 9.93. The van der Waals surface area contributed by atoms with Crippen molar-refractivity contribution in [1.29, 1.82) is 0 Å². The van der Waals surface area contributed by atoms with E-state index in [1.165, 1.54) is 6.92 Å². The number of hydrogen-bond acceptors (Lipinski definition) is 50. The van der Waals surface area contributed by atoms with E-state index in [1.807, 2.05) is 0 Å². The molecule has 56 nitrogen and oxygen atoms in total. The molecule has 6 amide bonds. The van der Waals surface area contributed by atoms with Crippen LogP contribution in [-0.2, 0) is 119 Å². The van der Waals surface area contributed by atoms with Crippen molar-refractivity contribution in [1.82, 2.24) is 31.9 Å². The largest absolute Gasteiger partial charge is 0.394 e. The first kappa shape index (κ1) is 105. The number of hydrogen-bond donors (Lipinski definition) is 31. The molecule has 10 saturated heterocycles. The van der Waals surface area contributed by atoms with Crippen LogP contribution in [0, 0.1) is 0 Å². The molecule has 0 aromatic carbocycles. The normalized spacial score (nSPS) is 47.8. The van der Waals surface area contributed by atoms with Crippen molar-refractivity contribution in [3.8, 4) is 0 Å². The Morgan fingerprint density at radius 2 is 0.484 bits per heavy atom. The predicted molar refractivity (Wildman–Crippen MR) is 398 cm³/mol. The number of amides is 6. The lowest BCUT2D eigenvalue weighted by Gasteiger charge is -2.51. The highest BCUT2D eigenvalue weighted by molar-refractivity contribution is 5.75. The Balaban J connectivity index is 0.993. The lowest BCUT2D eigenvalue weighted by molar-refractivity contribution is -0.398. The smallest absolute Gasteiger partial charge is 0.217 e. The van der Waals surface area contributed by atoms with Gasteiger partial charge in [-0.1, -0.05) is 0 Å². The van der Waals surface area contributed by atoms with E-state index in [9.17, 15) is 156 Å². The Labute approximate surface area is 726 Å². The fourth-order valence-electron chi connectivity index (χ4n) is 16.6. The number of rotatable bonds is 33. The van der Waals surface area contributed by atoms with Crippen LogP contribution in [-0.4, -0.2) is 529 Å².